The lowest BCUT2D eigenvalue weighted by atomic mass is 10.1. The van der Waals surface area contributed by atoms with E-state index < -0.39 is 0 Å². The van der Waals surface area contributed by atoms with Crippen LogP contribution in [0, 0.1) is 0 Å². The molecule has 0 fully saturated rings. The second kappa shape index (κ2) is 7.62. The van der Waals surface area contributed by atoms with Crippen LogP contribution in [0.5, 0.6) is 0 Å². The zero-order valence-corrected chi connectivity index (χ0v) is 17.0. The molecule has 4 rings (SSSR count). The molecule has 0 spiro atoms. The zero-order valence-electron chi connectivity index (χ0n) is 17.0. The van der Waals surface area contributed by atoms with Gasteiger partial charge in [-0.1, -0.05) is 31.5 Å². The topological polar surface area (TPSA) is 89.6 Å². The lowest BCUT2D eigenvalue weighted by Gasteiger charge is -2.08. The maximum atomic E-state index is 12.9. The summed E-state index contributed by atoms with van der Waals surface area (Å²) in [7, 11) is 3.47. The fraction of sp³-hybridized carbons (Fsp3) is 0.381. The van der Waals surface area contributed by atoms with Crippen LogP contribution in [0.25, 0.3) is 22.1 Å². The Morgan fingerprint density at radius 3 is 2.72 bits per heavy atom. The molecule has 0 atom stereocenters. The van der Waals surface area contributed by atoms with Gasteiger partial charge in [0.25, 0.3) is 5.56 Å². The predicted molar refractivity (Wildman–Crippen MR) is 116 cm³/mol. The van der Waals surface area contributed by atoms with Gasteiger partial charge in [0.05, 0.1) is 0 Å². The average Bonchev–Trinajstić information content (AvgIpc) is 3.28. The summed E-state index contributed by atoms with van der Waals surface area (Å²) in [6, 6.07) is 8.20. The molecule has 0 unspecified atom stereocenters. The number of hydrogen-bond donors (Lipinski definition) is 2. The molecule has 8 nitrogen and oxygen atoms in total. The van der Waals surface area contributed by atoms with Crippen molar-refractivity contribution in [3.8, 4) is 0 Å². The largest absolute Gasteiger partial charge is 0.361 e. The van der Waals surface area contributed by atoms with Crippen molar-refractivity contribution in [1.82, 2.24) is 23.7 Å². The molecule has 0 saturated carbocycles. The number of nitrogens with one attached hydrogen (secondary N) is 2. The van der Waals surface area contributed by atoms with E-state index in [0.29, 0.717) is 30.2 Å². The highest BCUT2D eigenvalue weighted by atomic mass is 16.2. The number of unbranched alkanes of at least 4 members (excludes halogenated alkanes) is 1. The fourth-order valence-corrected chi connectivity index (χ4v) is 3.76. The monoisotopic (exact) mass is 394 g/mol. The molecule has 152 valence electrons. The van der Waals surface area contributed by atoms with Crippen molar-refractivity contribution in [2.75, 3.05) is 11.9 Å². The Kier molecular flexibility index (Phi) is 5.00. The van der Waals surface area contributed by atoms with E-state index >= 15 is 0 Å². The first kappa shape index (κ1) is 19.0. The Balaban J connectivity index is 1.62. The second-order valence-corrected chi connectivity index (χ2v) is 7.35. The minimum absolute atomic E-state index is 0.281. The lowest BCUT2D eigenvalue weighted by molar-refractivity contribution is 0.565. The minimum Gasteiger partial charge on any atom is -0.361 e. The normalized spacial score (nSPS) is 11.6. The number of aryl methyl sites for hydroxylation is 2. The first-order chi connectivity index (χ1) is 14.0. The van der Waals surface area contributed by atoms with E-state index in [9.17, 15) is 9.59 Å². The van der Waals surface area contributed by atoms with Crippen molar-refractivity contribution >= 4 is 28.0 Å². The molecule has 4 aromatic rings. The molecule has 0 aliphatic heterocycles. The number of para-hydroxylation sites is 1. The van der Waals surface area contributed by atoms with Crippen molar-refractivity contribution in [1.29, 1.82) is 0 Å². The highest BCUT2D eigenvalue weighted by molar-refractivity contribution is 5.83. The van der Waals surface area contributed by atoms with Gasteiger partial charge in [-0.05, 0) is 24.5 Å². The van der Waals surface area contributed by atoms with E-state index in [1.54, 1.807) is 18.7 Å². The van der Waals surface area contributed by atoms with Crippen LogP contribution in [0.3, 0.4) is 0 Å². The van der Waals surface area contributed by atoms with Crippen LogP contribution >= 0.6 is 0 Å². The highest BCUT2D eigenvalue weighted by Gasteiger charge is 2.18. The molecule has 0 aliphatic carbocycles. The van der Waals surface area contributed by atoms with E-state index in [1.165, 1.54) is 20.1 Å². The Morgan fingerprint density at radius 2 is 1.93 bits per heavy atom. The van der Waals surface area contributed by atoms with Gasteiger partial charge >= 0.3 is 5.69 Å². The summed E-state index contributed by atoms with van der Waals surface area (Å²) in [6.07, 6.45) is 4.54. The summed E-state index contributed by atoms with van der Waals surface area (Å²) in [6.45, 7) is 3.12. The number of aromatic amines is 1. The number of imidazole rings is 1. The molecule has 3 heterocycles. The van der Waals surface area contributed by atoms with E-state index in [4.69, 9.17) is 0 Å². The molecule has 0 amide bonds. The number of nitrogens with zero attached hydrogens (tertiary/aromatic N) is 4. The molecule has 0 radical (unpaired) electrons. The summed E-state index contributed by atoms with van der Waals surface area (Å²) >= 11 is 0. The number of rotatable bonds is 7. The summed E-state index contributed by atoms with van der Waals surface area (Å²) in [5.74, 6) is 0.584. The summed E-state index contributed by atoms with van der Waals surface area (Å²) in [5.41, 5.74) is 2.59. The van der Waals surface area contributed by atoms with E-state index in [2.05, 4.69) is 27.4 Å². The SMILES string of the molecule is CCCCn1c(=O)c2c(nc(NCCc3c[nH]c4ccccc34)n2C)n(C)c1=O. The number of H-pyrrole nitrogens is 1. The Morgan fingerprint density at radius 1 is 1.14 bits per heavy atom. The second-order valence-electron chi connectivity index (χ2n) is 7.35. The van der Waals surface area contributed by atoms with E-state index in [-0.39, 0.29) is 11.2 Å². The van der Waals surface area contributed by atoms with Crippen molar-refractivity contribution in [3.05, 3.63) is 56.9 Å². The van der Waals surface area contributed by atoms with Crippen LogP contribution in [0.15, 0.2) is 40.1 Å². The number of hydrogen-bond acceptors (Lipinski definition) is 4. The van der Waals surface area contributed by atoms with Crippen LogP contribution in [0.1, 0.15) is 25.3 Å². The van der Waals surface area contributed by atoms with Crippen LogP contribution in [0.2, 0.25) is 0 Å². The first-order valence-electron chi connectivity index (χ1n) is 9.98. The molecular formula is C21H26N6O2. The summed E-state index contributed by atoms with van der Waals surface area (Å²) < 4.78 is 4.51. The summed E-state index contributed by atoms with van der Waals surface area (Å²) in [4.78, 5) is 33.3. The van der Waals surface area contributed by atoms with Gasteiger partial charge in [-0.25, -0.2) is 4.79 Å². The van der Waals surface area contributed by atoms with Crippen molar-refractivity contribution in [2.45, 2.75) is 32.7 Å². The third kappa shape index (κ3) is 3.24. The molecule has 1 aromatic carbocycles. The van der Waals surface area contributed by atoms with E-state index in [1.807, 2.05) is 25.3 Å². The molecule has 29 heavy (non-hydrogen) atoms. The Bertz CT molecular complexity index is 1290. The van der Waals surface area contributed by atoms with Gasteiger partial charge in [0.15, 0.2) is 11.2 Å². The van der Waals surface area contributed by atoms with Crippen molar-refractivity contribution < 1.29 is 0 Å². The van der Waals surface area contributed by atoms with Crippen molar-refractivity contribution in [3.63, 3.8) is 0 Å². The average molecular weight is 394 g/mol. The predicted octanol–water partition coefficient (Wildman–Crippen LogP) is 2.37. The molecule has 0 bridgehead atoms. The standard InChI is InChI=1S/C21H26N6O2/c1-4-5-12-27-19(28)17-18(26(3)21(27)29)24-20(25(17)2)22-11-10-14-13-23-16-9-7-6-8-15(14)16/h6-9,13,23H,4-5,10-12H2,1-3H3,(H,22,24). The molecule has 3 aromatic heterocycles. The molecule has 0 saturated heterocycles. The van der Waals surface area contributed by atoms with Crippen molar-refractivity contribution in [2.24, 2.45) is 14.1 Å². The first-order valence-corrected chi connectivity index (χ1v) is 9.98. The minimum atomic E-state index is -0.320. The third-order valence-electron chi connectivity index (χ3n) is 5.45. The van der Waals surface area contributed by atoms with Gasteiger partial charge in [0, 0.05) is 44.3 Å². The smallest absolute Gasteiger partial charge is 0.332 e. The van der Waals surface area contributed by atoms with Gasteiger partial charge in [-0.3, -0.25) is 13.9 Å². The van der Waals surface area contributed by atoms with Gasteiger partial charge in [0.2, 0.25) is 5.95 Å². The van der Waals surface area contributed by atoms with Crippen LogP contribution in [-0.4, -0.2) is 30.2 Å². The Hall–Kier alpha value is -3.29. The van der Waals surface area contributed by atoms with Crippen LogP contribution in [-0.2, 0) is 27.1 Å². The summed E-state index contributed by atoms with van der Waals surface area (Å²) in [5, 5.41) is 4.53. The van der Waals surface area contributed by atoms with Gasteiger partial charge in [-0.2, -0.15) is 4.98 Å². The molecular weight excluding hydrogens is 368 g/mol. The quantitative estimate of drug-likeness (QED) is 0.504. The number of benzene rings is 1. The third-order valence-corrected chi connectivity index (χ3v) is 5.45. The number of anilines is 1. The maximum absolute atomic E-state index is 12.9. The van der Waals surface area contributed by atoms with Crippen LogP contribution < -0.4 is 16.6 Å². The zero-order chi connectivity index (χ0) is 20.5. The number of fused-ring (bicyclic) bond motifs is 2. The van der Waals surface area contributed by atoms with Crippen LogP contribution in [0.4, 0.5) is 5.95 Å². The number of aromatic nitrogens is 5. The lowest BCUT2D eigenvalue weighted by Crippen LogP contribution is -2.39. The highest BCUT2D eigenvalue weighted by Crippen LogP contribution is 2.19. The van der Waals surface area contributed by atoms with Gasteiger partial charge in [-0.15, -0.1) is 0 Å². The Labute approximate surface area is 167 Å². The van der Waals surface area contributed by atoms with Gasteiger partial charge in [0.1, 0.15) is 0 Å². The molecule has 8 heteroatoms. The van der Waals surface area contributed by atoms with Gasteiger partial charge < -0.3 is 14.9 Å². The molecule has 0 aliphatic rings. The molecule has 2 N–H and O–H groups in total. The fourth-order valence-electron chi connectivity index (χ4n) is 3.76. The maximum Gasteiger partial charge on any atom is 0.332 e. The van der Waals surface area contributed by atoms with E-state index in [0.717, 1.165) is 24.8 Å².